The van der Waals surface area contributed by atoms with Crippen molar-refractivity contribution in [2.75, 3.05) is 20.8 Å². The van der Waals surface area contributed by atoms with Crippen molar-refractivity contribution in [3.63, 3.8) is 0 Å². The average molecular weight is 313 g/mol. The number of imidazole rings is 1. The lowest BCUT2D eigenvalue weighted by atomic mass is 10.2. The maximum Gasteiger partial charge on any atom is 0.339 e. The monoisotopic (exact) mass is 312 g/mol. The molecule has 0 aromatic carbocycles. The van der Waals surface area contributed by atoms with Gasteiger partial charge in [0.25, 0.3) is 0 Å². The average Bonchev–Trinajstić information content (AvgIpc) is 2.71. The highest BCUT2D eigenvalue weighted by Gasteiger charge is 2.12. The molecule has 2 aromatic heterocycles. The molecule has 5 nitrogen and oxygen atoms in total. The van der Waals surface area contributed by atoms with E-state index in [-0.39, 0.29) is 5.97 Å². The molecule has 0 radical (unpaired) electrons. The smallest absolute Gasteiger partial charge is 0.339 e. The first-order valence-electron chi connectivity index (χ1n) is 5.41. The minimum atomic E-state index is -0.362. The molecular weight excluding hydrogens is 300 g/mol. The molecule has 18 heavy (non-hydrogen) atoms. The van der Waals surface area contributed by atoms with Gasteiger partial charge in [0, 0.05) is 19.7 Å². The maximum absolute atomic E-state index is 11.5. The van der Waals surface area contributed by atoms with Gasteiger partial charge in [-0.25, -0.2) is 9.78 Å². The zero-order chi connectivity index (χ0) is 13.1. The number of carbonyl (C=O) groups excluding carboxylic acids is 1. The summed E-state index contributed by atoms with van der Waals surface area (Å²) in [5.41, 5.74) is 1.40. The minimum absolute atomic E-state index is 0.362. The van der Waals surface area contributed by atoms with Crippen LogP contribution in [0.2, 0.25) is 0 Å². The van der Waals surface area contributed by atoms with E-state index in [4.69, 9.17) is 9.47 Å². The number of carbonyl (C=O) groups is 1. The molecule has 2 rings (SSSR count). The Bertz CT molecular complexity index is 580. The van der Waals surface area contributed by atoms with Crippen LogP contribution in [0.15, 0.2) is 22.9 Å². The summed E-state index contributed by atoms with van der Waals surface area (Å²) in [6.45, 7) is 0.577. The molecule has 2 heterocycles. The van der Waals surface area contributed by atoms with Gasteiger partial charge < -0.3 is 13.9 Å². The first kappa shape index (κ1) is 13.0. The highest BCUT2D eigenvalue weighted by molar-refractivity contribution is 9.10. The van der Waals surface area contributed by atoms with E-state index in [0.717, 1.165) is 15.9 Å². The van der Waals surface area contributed by atoms with Gasteiger partial charge in [0.15, 0.2) is 0 Å². The lowest BCUT2D eigenvalue weighted by molar-refractivity contribution is 0.0600. The van der Waals surface area contributed by atoms with Crippen LogP contribution >= 0.6 is 15.9 Å². The van der Waals surface area contributed by atoms with Crippen LogP contribution in [0.3, 0.4) is 0 Å². The summed E-state index contributed by atoms with van der Waals surface area (Å²) in [5, 5.41) is 0. The summed E-state index contributed by atoms with van der Waals surface area (Å²) < 4.78 is 12.4. The molecule has 0 saturated heterocycles. The van der Waals surface area contributed by atoms with E-state index in [0.29, 0.717) is 18.6 Å². The fraction of sp³-hybridized carbons (Fsp3) is 0.333. The summed E-state index contributed by atoms with van der Waals surface area (Å²) in [6.07, 6.45) is 2.40. The zero-order valence-electron chi connectivity index (χ0n) is 10.1. The number of methoxy groups -OCH3 is 2. The van der Waals surface area contributed by atoms with Gasteiger partial charge in [-0.1, -0.05) is 0 Å². The maximum atomic E-state index is 11.5. The predicted molar refractivity (Wildman–Crippen MR) is 69.8 cm³/mol. The van der Waals surface area contributed by atoms with Crippen LogP contribution in [-0.2, 0) is 15.9 Å². The fourth-order valence-electron chi connectivity index (χ4n) is 1.72. The van der Waals surface area contributed by atoms with Crippen molar-refractivity contribution >= 4 is 27.4 Å². The number of aromatic nitrogens is 2. The third-order valence-corrected chi connectivity index (χ3v) is 3.20. The molecule has 96 valence electrons. The van der Waals surface area contributed by atoms with Crippen LogP contribution in [-0.4, -0.2) is 36.2 Å². The van der Waals surface area contributed by atoms with Gasteiger partial charge in [-0.05, 0) is 28.1 Å². The SMILES string of the molecule is COCCc1nc(Br)c2ccc(C(=O)OC)cn12. The van der Waals surface area contributed by atoms with E-state index in [1.165, 1.54) is 7.11 Å². The number of rotatable bonds is 4. The van der Waals surface area contributed by atoms with Crippen molar-refractivity contribution in [2.24, 2.45) is 0 Å². The van der Waals surface area contributed by atoms with Crippen LogP contribution in [0.5, 0.6) is 0 Å². The van der Waals surface area contributed by atoms with Crippen LogP contribution in [0.4, 0.5) is 0 Å². The quantitative estimate of drug-likeness (QED) is 0.811. The Kier molecular flexibility index (Phi) is 3.98. The molecule has 0 N–H and O–H groups in total. The molecular formula is C12H13BrN2O3. The van der Waals surface area contributed by atoms with E-state index in [2.05, 4.69) is 20.9 Å². The number of hydrogen-bond donors (Lipinski definition) is 0. The molecule has 0 aliphatic rings. The first-order valence-corrected chi connectivity index (χ1v) is 6.20. The van der Waals surface area contributed by atoms with E-state index < -0.39 is 0 Å². The zero-order valence-corrected chi connectivity index (χ0v) is 11.7. The Labute approximate surface area is 113 Å². The third-order valence-electron chi connectivity index (χ3n) is 2.62. The molecule has 0 amide bonds. The van der Waals surface area contributed by atoms with Gasteiger partial charge in [0.05, 0.1) is 24.8 Å². The molecule has 0 fully saturated rings. The molecule has 0 bridgehead atoms. The summed E-state index contributed by atoms with van der Waals surface area (Å²) in [6, 6.07) is 3.55. The molecule has 0 aliphatic heterocycles. The van der Waals surface area contributed by atoms with Crippen molar-refractivity contribution in [1.29, 1.82) is 0 Å². The predicted octanol–water partition coefficient (Wildman–Crippen LogP) is 2.07. The summed E-state index contributed by atoms with van der Waals surface area (Å²) >= 11 is 3.40. The first-order chi connectivity index (χ1) is 8.67. The number of pyridine rings is 1. The second kappa shape index (κ2) is 5.49. The Hall–Kier alpha value is -1.40. The lowest BCUT2D eigenvalue weighted by Crippen LogP contribution is -2.05. The molecule has 0 unspecified atom stereocenters. The van der Waals surface area contributed by atoms with Gasteiger partial charge in [0.2, 0.25) is 0 Å². The van der Waals surface area contributed by atoms with Gasteiger partial charge in [-0.3, -0.25) is 0 Å². The van der Waals surface area contributed by atoms with Crippen molar-refractivity contribution in [3.05, 3.63) is 34.3 Å². The number of ether oxygens (including phenoxy) is 2. The minimum Gasteiger partial charge on any atom is -0.465 e. The molecule has 0 spiro atoms. The normalized spacial score (nSPS) is 10.8. The molecule has 6 heteroatoms. The standard InChI is InChI=1S/C12H13BrN2O3/c1-17-6-5-10-14-11(13)9-4-3-8(7-15(9)10)12(16)18-2/h3-4,7H,5-6H2,1-2H3. The number of halogens is 1. The van der Waals surface area contributed by atoms with Crippen LogP contribution < -0.4 is 0 Å². The topological polar surface area (TPSA) is 52.8 Å². The Morgan fingerprint density at radius 3 is 2.89 bits per heavy atom. The fourth-order valence-corrected chi connectivity index (χ4v) is 2.24. The van der Waals surface area contributed by atoms with Gasteiger partial charge in [0.1, 0.15) is 10.4 Å². The van der Waals surface area contributed by atoms with Gasteiger partial charge in [-0.15, -0.1) is 0 Å². The lowest BCUT2D eigenvalue weighted by Gasteiger charge is -2.03. The number of esters is 1. The van der Waals surface area contributed by atoms with E-state index in [1.54, 1.807) is 19.4 Å². The second-order valence-electron chi connectivity index (χ2n) is 3.73. The summed E-state index contributed by atoms with van der Waals surface area (Å²) in [4.78, 5) is 15.9. The number of nitrogens with zero attached hydrogens (tertiary/aromatic N) is 2. The van der Waals surface area contributed by atoms with Crippen LogP contribution in [0.25, 0.3) is 5.52 Å². The van der Waals surface area contributed by atoms with Crippen molar-refractivity contribution in [3.8, 4) is 0 Å². The largest absolute Gasteiger partial charge is 0.465 e. The summed E-state index contributed by atoms with van der Waals surface area (Å²) in [7, 11) is 3.01. The second-order valence-corrected chi connectivity index (χ2v) is 4.48. The van der Waals surface area contributed by atoms with Crippen molar-refractivity contribution in [2.45, 2.75) is 6.42 Å². The van der Waals surface area contributed by atoms with Crippen molar-refractivity contribution < 1.29 is 14.3 Å². The summed E-state index contributed by atoms with van der Waals surface area (Å²) in [5.74, 6) is 0.476. The van der Waals surface area contributed by atoms with Gasteiger partial charge >= 0.3 is 5.97 Å². The Morgan fingerprint density at radius 1 is 1.44 bits per heavy atom. The van der Waals surface area contributed by atoms with Gasteiger partial charge in [-0.2, -0.15) is 0 Å². The number of hydrogen-bond acceptors (Lipinski definition) is 4. The van der Waals surface area contributed by atoms with Crippen LogP contribution in [0, 0.1) is 0 Å². The van der Waals surface area contributed by atoms with Crippen LogP contribution in [0.1, 0.15) is 16.2 Å². The molecule has 0 atom stereocenters. The highest BCUT2D eigenvalue weighted by atomic mass is 79.9. The van der Waals surface area contributed by atoms with E-state index in [9.17, 15) is 4.79 Å². The Balaban J connectivity index is 2.48. The van der Waals surface area contributed by atoms with E-state index in [1.807, 2.05) is 10.5 Å². The molecule has 2 aromatic rings. The van der Waals surface area contributed by atoms with Crippen molar-refractivity contribution in [1.82, 2.24) is 9.38 Å². The van der Waals surface area contributed by atoms with E-state index >= 15 is 0 Å². The molecule has 0 aliphatic carbocycles. The molecule has 0 saturated carbocycles. The third kappa shape index (κ3) is 2.39. The number of fused-ring (bicyclic) bond motifs is 1. The Morgan fingerprint density at radius 2 is 2.22 bits per heavy atom. The highest BCUT2D eigenvalue weighted by Crippen LogP contribution is 2.20.